The van der Waals surface area contributed by atoms with Crippen molar-refractivity contribution in [2.75, 3.05) is 10.6 Å². The lowest BCUT2D eigenvalue weighted by Crippen LogP contribution is -2.22. The number of nitrogens with zero attached hydrogens (tertiary/aromatic N) is 2. The van der Waals surface area contributed by atoms with Crippen LogP contribution in [0.25, 0.3) is 10.2 Å². The van der Waals surface area contributed by atoms with Gasteiger partial charge in [-0.05, 0) is 37.3 Å². The van der Waals surface area contributed by atoms with E-state index in [0.29, 0.717) is 16.4 Å². The largest absolute Gasteiger partial charge is 0.322 e. The van der Waals surface area contributed by atoms with Crippen LogP contribution >= 0.6 is 34.4 Å². The summed E-state index contributed by atoms with van der Waals surface area (Å²) in [5, 5.41) is 7.80. The molecular formula is C20H16N4O2S3. The first-order valence-corrected chi connectivity index (χ1v) is 11.3. The summed E-state index contributed by atoms with van der Waals surface area (Å²) in [6.07, 6.45) is 1.65. The second-order valence-electron chi connectivity index (χ2n) is 6.07. The van der Waals surface area contributed by atoms with Gasteiger partial charge in [-0.15, -0.1) is 22.7 Å². The maximum absolute atomic E-state index is 12.3. The van der Waals surface area contributed by atoms with E-state index in [1.165, 1.54) is 34.4 Å². The molecule has 29 heavy (non-hydrogen) atoms. The third-order valence-corrected chi connectivity index (χ3v) is 6.87. The Balaban J connectivity index is 1.44. The van der Waals surface area contributed by atoms with Crippen LogP contribution in [0.4, 0.5) is 10.8 Å². The Morgan fingerprint density at radius 1 is 1.10 bits per heavy atom. The van der Waals surface area contributed by atoms with Gasteiger partial charge in [0.1, 0.15) is 0 Å². The van der Waals surface area contributed by atoms with Crippen molar-refractivity contribution in [3.05, 3.63) is 65.7 Å². The first-order valence-electron chi connectivity index (χ1n) is 8.72. The predicted molar refractivity (Wildman–Crippen MR) is 120 cm³/mol. The lowest BCUT2D eigenvalue weighted by Gasteiger charge is -2.07. The third-order valence-electron chi connectivity index (χ3n) is 3.97. The summed E-state index contributed by atoms with van der Waals surface area (Å²) in [6.45, 7) is 1.84. The van der Waals surface area contributed by atoms with E-state index < -0.39 is 0 Å². The van der Waals surface area contributed by atoms with Crippen molar-refractivity contribution in [1.82, 2.24) is 9.97 Å². The fourth-order valence-corrected chi connectivity index (χ4v) is 5.30. The van der Waals surface area contributed by atoms with Crippen LogP contribution in [-0.2, 0) is 4.79 Å². The van der Waals surface area contributed by atoms with E-state index in [4.69, 9.17) is 0 Å². The maximum atomic E-state index is 12.3. The first-order chi connectivity index (χ1) is 14.1. The van der Waals surface area contributed by atoms with Crippen molar-refractivity contribution in [3.63, 3.8) is 0 Å². The number of rotatable bonds is 6. The molecule has 6 nitrogen and oxygen atoms in total. The van der Waals surface area contributed by atoms with Crippen LogP contribution in [0.15, 0.2) is 64.4 Å². The quantitative estimate of drug-likeness (QED) is 0.406. The number of nitrogens with one attached hydrogen (secondary N) is 2. The van der Waals surface area contributed by atoms with E-state index in [1.807, 2.05) is 48.7 Å². The lowest BCUT2D eigenvalue weighted by molar-refractivity contribution is -0.115. The minimum atomic E-state index is -0.309. The van der Waals surface area contributed by atoms with Gasteiger partial charge in [0.25, 0.3) is 5.91 Å². The monoisotopic (exact) mass is 440 g/mol. The number of carbonyl (C=O) groups is 2. The van der Waals surface area contributed by atoms with E-state index in [2.05, 4.69) is 20.6 Å². The zero-order valence-electron chi connectivity index (χ0n) is 15.3. The average molecular weight is 441 g/mol. The number of thiazole rings is 2. The second-order valence-corrected chi connectivity index (χ2v) is 9.58. The van der Waals surface area contributed by atoms with Crippen LogP contribution in [0.3, 0.4) is 0 Å². The molecule has 2 N–H and O–H groups in total. The lowest BCUT2D eigenvalue weighted by atomic mass is 10.2. The van der Waals surface area contributed by atoms with Gasteiger partial charge in [-0.25, -0.2) is 9.97 Å². The highest BCUT2D eigenvalue weighted by atomic mass is 32.2. The van der Waals surface area contributed by atoms with Crippen LogP contribution in [0, 0.1) is 0 Å². The van der Waals surface area contributed by atoms with E-state index in [1.54, 1.807) is 18.3 Å². The number of hydrogen-bond donors (Lipinski definition) is 2. The average Bonchev–Trinajstić information content (AvgIpc) is 3.37. The Morgan fingerprint density at radius 3 is 2.69 bits per heavy atom. The molecular weight excluding hydrogens is 424 g/mol. The number of carbonyl (C=O) groups excluding carboxylic acids is 2. The van der Waals surface area contributed by atoms with Gasteiger partial charge in [-0.3, -0.25) is 9.59 Å². The molecule has 4 rings (SSSR count). The summed E-state index contributed by atoms with van der Waals surface area (Å²) >= 11 is 4.28. The molecule has 0 spiro atoms. The van der Waals surface area contributed by atoms with Crippen LogP contribution < -0.4 is 10.6 Å². The molecule has 2 aromatic heterocycles. The molecule has 2 amide bonds. The summed E-state index contributed by atoms with van der Waals surface area (Å²) in [5.41, 5.74) is 2.15. The van der Waals surface area contributed by atoms with Crippen molar-refractivity contribution in [3.8, 4) is 0 Å². The summed E-state index contributed by atoms with van der Waals surface area (Å²) in [5.74, 6) is -0.267. The molecule has 0 aliphatic carbocycles. The minimum absolute atomic E-state index is 0.111. The van der Waals surface area contributed by atoms with Crippen LogP contribution in [-0.4, -0.2) is 27.0 Å². The second kappa shape index (κ2) is 8.73. The smallest absolute Gasteiger partial charge is 0.255 e. The van der Waals surface area contributed by atoms with Gasteiger partial charge in [0, 0.05) is 22.8 Å². The van der Waals surface area contributed by atoms with E-state index in [0.717, 1.165) is 14.6 Å². The van der Waals surface area contributed by atoms with Crippen molar-refractivity contribution < 1.29 is 9.59 Å². The number of benzene rings is 2. The molecule has 2 aromatic carbocycles. The molecule has 0 bridgehead atoms. The number of hydrogen-bond acceptors (Lipinski definition) is 7. The van der Waals surface area contributed by atoms with Gasteiger partial charge in [0.15, 0.2) is 9.47 Å². The molecule has 0 aliphatic rings. The van der Waals surface area contributed by atoms with Crippen molar-refractivity contribution in [2.45, 2.75) is 16.5 Å². The maximum Gasteiger partial charge on any atom is 0.255 e. The zero-order chi connectivity index (χ0) is 20.2. The van der Waals surface area contributed by atoms with E-state index in [9.17, 15) is 9.59 Å². The highest BCUT2D eigenvalue weighted by molar-refractivity contribution is 8.02. The number of thioether (sulfide) groups is 1. The Labute approximate surface area is 179 Å². The molecule has 0 radical (unpaired) electrons. The molecule has 4 aromatic rings. The van der Waals surface area contributed by atoms with Crippen molar-refractivity contribution in [2.24, 2.45) is 0 Å². The van der Waals surface area contributed by atoms with E-state index in [-0.39, 0.29) is 17.1 Å². The normalized spacial score (nSPS) is 11.9. The van der Waals surface area contributed by atoms with Gasteiger partial charge in [-0.2, -0.15) is 0 Å². The fourth-order valence-electron chi connectivity index (χ4n) is 2.52. The molecule has 0 saturated heterocycles. The molecule has 0 unspecified atom stereocenters. The van der Waals surface area contributed by atoms with Gasteiger partial charge < -0.3 is 10.6 Å². The van der Waals surface area contributed by atoms with Gasteiger partial charge in [0.2, 0.25) is 5.91 Å². The van der Waals surface area contributed by atoms with Gasteiger partial charge >= 0.3 is 0 Å². The fraction of sp³-hybridized carbons (Fsp3) is 0.100. The van der Waals surface area contributed by atoms with Gasteiger partial charge in [0.05, 0.1) is 15.5 Å². The van der Waals surface area contributed by atoms with Crippen LogP contribution in [0.1, 0.15) is 17.3 Å². The Morgan fingerprint density at radius 2 is 1.93 bits per heavy atom. The topological polar surface area (TPSA) is 84.0 Å². The summed E-state index contributed by atoms with van der Waals surface area (Å²) in [4.78, 5) is 33.3. The van der Waals surface area contributed by atoms with Gasteiger partial charge in [-0.1, -0.05) is 30.0 Å². The molecule has 0 saturated carbocycles. The molecule has 0 aliphatic heterocycles. The Bertz CT molecular complexity index is 1140. The highest BCUT2D eigenvalue weighted by Gasteiger charge is 2.18. The molecule has 0 fully saturated rings. The third kappa shape index (κ3) is 4.81. The molecule has 1 atom stereocenters. The molecule has 146 valence electrons. The molecule has 9 heteroatoms. The van der Waals surface area contributed by atoms with Crippen molar-refractivity contribution in [1.29, 1.82) is 0 Å². The Kier molecular flexibility index (Phi) is 5.89. The SMILES string of the molecule is C[C@@H](Sc1nc2ccc(NC(=O)c3ccccc3)cc2s1)C(=O)Nc1nccs1. The van der Waals surface area contributed by atoms with Crippen molar-refractivity contribution >= 4 is 67.3 Å². The standard InChI is InChI=1S/C20H16N4O2S3/c1-12(17(25)24-19-21-9-10-27-19)28-20-23-15-8-7-14(11-16(15)29-20)22-18(26)13-5-3-2-4-6-13/h2-12H,1H3,(H,22,26)(H,21,24,25)/t12-/m1/s1. The number of aromatic nitrogens is 2. The predicted octanol–water partition coefficient (Wildman–Crippen LogP) is 5.12. The Hall–Kier alpha value is -2.75. The highest BCUT2D eigenvalue weighted by Crippen LogP contribution is 2.33. The van der Waals surface area contributed by atoms with Crippen LogP contribution in [0.2, 0.25) is 0 Å². The number of fused-ring (bicyclic) bond motifs is 1. The zero-order valence-corrected chi connectivity index (χ0v) is 17.7. The van der Waals surface area contributed by atoms with Crippen LogP contribution in [0.5, 0.6) is 0 Å². The summed E-state index contributed by atoms with van der Waals surface area (Å²) < 4.78 is 1.75. The van der Waals surface area contributed by atoms with E-state index >= 15 is 0 Å². The number of anilines is 2. The summed E-state index contributed by atoms with van der Waals surface area (Å²) in [7, 11) is 0. The minimum Gasteiger partial charge on any atom is -0.322 e. The number of amides is 2. The summed E-state index contributed by atoms with van der Waals surface area (Å²) in [6, 6.07) is 14.7. The molecule has 2 heterocycles. The first kappa shape index (κ1) is 19.6.